The molecule has 1 saturated carbocycles. The van der Waals surface area contributed by atoms with E-state index < -0.39 is 11.5 Å². The predicted molar refractivity (Wildman–Crippen MR) is 43.3 cm³/mol. The Balaban J connectivity index is 2.20. The topological polar surface area (TPSA) is 43.8 Å². The van der Waals surface area contributed by atoms with Gasteiger partial charge in [0.2, 0.25) is 0 Å². The Hall–Kier alpha value is -0.970. The maximum Gasteiger partial charge on any atom is 0.252 e. The Morgan fingerprint density at radius 2 is 2.15 bits per heavy atom. The highest BCUT2D eigenvalue weighted by atomic mass is 19.3. The number of hydrogen-bond acceptors (Lipinski definition) is 2. The number of nitrogens with two attached hydrogens (primary N) is 1. The van der Waals surface area contributed by atoms with Crippen molar-refractivity contribution in [3.05, 3.63) is 18.2 Å². The zero-order valence-electron chi connectivity index (χ0n) is 7.30. The summed E-state index contributed by atoms with van der Waals surface area (Å²) in [5.74, 6) is -2.60. The minimum atomic E-state index is -2.60. The van der Waals surface area contributed by atoms with Crippen molar-refractivity contribution in [3.63, 3.8) is 0 Å². The van der Waals surface area contributed by atoms with Gasteiger partial charge in [-0.05, 0) is 0 Å². The Kier molecular flexibility index (Phi) is 1.52. The number of alkyl halides is 2. The van der Waals surface area contributed by atoms with Crippen LogP contribution in [0.4, 0.5) is 8.78 Å². The number of nitrogens with zero attached hydrogens (tertiary/aromatic N) is 2. The lowest BCUT2D eigenvalue weighted by Gasteiger charge is -2.43. The zero-order chi connectivity index (χ0) is 9.69. The molecule has 0 bridgehead atoms. The Bertz CT molecular complexity index is 324. The molecule has 0 aromatic carbocycles. The summed E-state index contributed by atoms with van der Waals surface area (Å²) >= 11 is 0. The fourth-order valence-corrected chi connectivity index (χ4v) is 1.72. The molecule has 2 rings (SSSR count). The Morgan fingerprint density at radius 3 is 2.54 bits per heavy atom. The van der Waals surface area contributed by atoms with Crippen LogP contribution in [0.1, 0.15) is 18.5 Å². The lowest BCUT2D eigenvalue weighted by Crippen LogP contribution is -2.55. The zero-order valence-corrected chi connectivity index (χ0v) is 7.30. The van der Waals surface area contributed by atoms with Crippen molar-refractivity contribution < 1.29 is 8.78 Å². The van der Waals surface area contributed by atoms with Crippen LogP contribution in [0.25, 0.3) is 0 Å². The molecule has 1 heterocycles. The maximum absolute atomic E-state index is 12.6. The normalized spacial score (nSPS) is 24.0. The first-order valence-electron chi connectivity index (χ1n) is 4.06. The van der Waals surface area contributed by atoms with Crippen LogP contribution in [-0.4, -0.2) is 15.5 Å². The van der Waals surface area contributed by atoms with Crippen LogP contribution in [0.5, 0.6) is 0 Å². The molecule has 0 aliphatic heterocycles. The summed E-state index contributed by atoms with van der Waals surface area (Å²) in [6.07, 6.45) is 2.67. The fourth-order valence-electron chi connectivity index (χ4n) is 1.72. The maximum atomic E-state index is 12.6. The minimum Gasteiger partial charge on any atom is -0.340 e. The third kappa shape index (κ3) is 1.33. The molecular formula is C8H11F2N3. The number of aromatic nitrogens is 2. The third-order valence-corrected chi connectivity index (χ3v) is 2.36. The van der Waals surface area contributed by atoms with Gasteiger partial charge in [0.05, 0.1) is 17.6 Å². The first kappa shape index (κ1) is 8.62. The van der Waals surface area contributed by atoms with Gasteiger partial charge in [0.15, 0.2) is 0 Å². The van der Waals surface area contributed by atoms with Crippen molar-refractivity contribution in [1.82, 2.24) is 9.55 Å². The fraction of sp³-hybridized carbons (Fsp3) is 0.625. The van der Waals surface area contributed by atoms with Gasteiger partial charge in [-0.1, -0.05) is 0 Å². The molecule has 1 aliphatic rings. The summed E-state index contributed by atoms with van der Waals surface area (Å²) < 4.78 is 26.9. The van der Waals surface area contributed by atoms with E-state index in [9.17, 15) is 8.78 Å². The molecule has 2 N–H and O–H groups in total. The number of imidazole rings is 1. The van der Waals surface area contributed by atoms with Crippen molar-refractivity contribution in [2.75, 3.05) is 0 Å². The predicted octanol–water partition coefficient (Wildman–Crippen LogP) is 1.00. The van der Waals surface area contributed by atoms with E-state index in [-0.39, 0.29) is 12.8 Å². The van der Waals surface area contributed by atoms with Crippen LogP contribution in [-0.2, 0) is 12.6 Å². The molecule has 0 atom stereocenters. The second kappa shape index (κ2) is 2.29. The van der Waals surface area contributed by atoms with E-state index in [1.165, 1.54) is 0 Å². The SMILES string of the molecule is Cn1cnc(C2(N)CC(F)(F)C2)c1. The van der Waals surface area contributed by atoms with E-state index in [1.807, 2.05) is 0 Å². The summed E-state index contributed by atoms with van der Waals surface area (Å²) in [6.45, 7) is 0. The van der Waals surface area contributed by atoms with E-state index in [1.54, 1.807) is 24.1 Å². The van der Waals surface area contributed by atoms with E-state index in [4.69, 9.17) is 5.73 Å². The molecule has 1 aliphatic carbocycles. The lowest BCUT2D eigenvalue weighted by atomic mass is 9.72. The van der Waals surface area contributed by atoms with Crippen LogP contribution in [0.15, 0.2) is 12.5 Å². The molecule has 3 nitrogen and oxygen atoms in total. The van der Waals surface area contributed by atoms with Crippen LogP contribution < -0.4 is 5.73 Å². The van der Waals surface area contributed by atoms with Gasteiger partial charge < -0.3 is 10.3 Å². The van der Waals surface area contributed by atoms with Crippen LogP contribution in [0.2, 0.25) is 0 Å². The Labute approximate surface area is 74.6 Å². The van der Waals surface area contributed by atoms with E-state index in [2.05, 4.69) is 4.98 Å². The molecule has 0 unspecified atom stereocenters. The van der Waals surface area contributed by atoms with Gasteiger partial charge in [-0.2, -0.15) is 0 Å². The van der Waals surface area contributed by atoms with Crippen LogP contribution in [0, 0.1) is 0 Å². The average molecular weight is 187 g/mol. The molecule has 13 heavy (non-hydrogen) atoms. The average Bonchev–Trinajstić information content (AvgIpc) is 2.31. The van der Waals surface area contributed by atoms with Crippen molar-refractivity contribution in [2.45, 2.75) is 24.3 Å². The number of hydrogen-bond donors (Lipinski definition) is 1. The molecule has 1 fully saturated rings. The van der Waals surface area contributed by atoms with E-state index >= 15 is 0 Å². The van der Waals surface area contributed by atoms with Gasteiger partial charge in [0.25, 0.3) is 5.92 Å². The first-order valence-corrected chi connectivity index (χ1v) is 4.06. The van der Waals surface area contributed by atoms with Gasteiger partial charge in [0.1, 0.15) is 0 Å². The number of halogens is 2. The van der Waals surface area contributed by atoms with E-state index in [0.29, 0.717) is 5.69 Å². The lowest BCUT2D eigenvalue weighted by molar-refractivity contribution is -0.126. The molecule has 0 radical (unpaired) electrons. The number of aryl methyl sites for hydroxylation is 1. The van der Waals surface area contributed by atoms with Crippen LogP contribution >= 0.6 is 0 Å². The summed E-state index contributed by atoms with van der Waals surface area (Å²) in [5, 5.41) is 0. The molecule has 0 saturated heterocycles. The molecule has 72 valence electrons. The van der Waals surface area contributed by atoms with Crippen molar-refractivity contribution >= 4 is 0 Å². The third-order valence-electron chi connectivity index (χ3n) is 2.36. The van der Waals surface area contributed by atoms with Crippen molar-refractivity contribution in [1.29, 1.82) is 0 Å². The monoisotopic (exact) mass is 187 g/mol. The molecule has 1 aromatic heterocycles. The van der Waals surface area contributed by atoms with Gasteiger partial charge in [-0.3, -0.25) is 0 Å². The molecule has 1 aromatic rings. The molecule has 0 spiro atoms. The standard InChI is InChI=1S/C8H11F2N3/c1-13-2-6(12-5-13)7(11)3-8(9,10)4-7/h2,5H,3-4,11H2,1H3. The minimum absolute atomic E-state index is 0.295. The van der Waals surface area contributed by atoms with Crippen LogP contribution in [0.3, 0.4) is 0 Å². The van der Waals surface area contributed by atoms with Gasteiger partial charge in [-0.25, -0.2) is 13.8 Å². The second-order valence-electron chi connectivity index (χ2n) is 3.79. The van der Waals surface area contributed by atoms with Gasteiger partial charge in [-0.15, -0.1) is 0 Å². The second-order valence-corrected chi connectivity index (χ2v) is 3.79. The van der Waals surface area contributed by atoms with E-state index in [0.717, 1.165) is 0 Å². The van der Waals surface area contributed by atoms with Gasteiger partial charge in [0, 0.05) is 26.1 Å². The van der Waals surface area contributed by atoms with Gasteiger partial charge >= 0.3 is 0 Å². The summed E-state index contributed by atoms with van der Waals surface area (Å²) in [7, 11) is 1.79. The molecule has 5 heteroatoms. The highest BCUT2D eigenvalue weighted by Crippen LogP contribution is 2.49. The quantitative estimate of drug-likeness (QED) is 0.712. The summed E-state index contributed by atoms with van der Waals surface area (Å²) in [4.78, 5) is 3.98. The highest BCUT2D eigenvalue weighted by Gasteiger charge is 2.56. The van der Waals surface area contributed by atoms with Crippen molar-refractivity contribution in [2.24, 2.45) is 12.8 Å². The highest BCUT2D eigenvalue weighted by molar-refractivity contribution is 5.19. The molecule has 0 amide bonds. The molecular weight excluding hydrogens is 176 g/mol. The Morgan fingerprint density at radius 1 is 1.54 bits per heavy atom. The van der Waals surface area contributed by atoms with Crippen molar-refractivity contribution in [3.8, 4) is 0 Å². The summed E-state index contributed by atoms with van der Waals surface area (Å²) in [5.41, 5.74) is 5.40. The largest absolute Gasteiger partial charge is 0.340 e. The number of rotatable bonds is 1. The summed E-state index contributed by atoms with van der Waals surface area (Å²) in [6, 6.07) is 0. The first-order chi connectivity index (χ1) is 5.91. The smallest absolute Gasteiger partial charge is 0.252 e.